The molecule has 0 bridgehead atoms. The second kappa shape index (κ2) is 6.65. The van der Waals surface area contributed by atoms with E-state index in [9.17, 15) is 10.2 Å². The number of benzene rings is 1. The molecule has 5 nitrogen and oxygen atoms in total. The van der Waals surface area contributed by atoms with Gasteiger partial charge in [-0.2, -0.15) is 0 Å². The molecule has 1 heterocycles. The Morgan fingerprint density at radius 2 is 2.14 bits per heavy atom. The Balaban J connectivity index is 2.20. The largest absolute Gasteiger partial charge is 0.506 e. The second-order valence-electron chi connectivity index (χ2n) is 4.56. The molecule has 0 amide bonds. The Hall–Kier alpha value is -1.98. The van der Waals surface area contributed by atoms with E-state index in [0.717, 1.165) is 5.69 Å². The van der Waals surface area contributed by atoms with Crippen LogP contribution in [-0.2, 0) is 13.2 Å². The van der Waals surface area contributed by atoms with Gasteiger partial charge in [0.25, 0.3) is 0 Å². The number of aromatic hydroxyl groups is 1. The molecule has 0 fully saturated rings. The van der Waals surface area contributed by atoms with Crippen LogP contribution < -0.4 is 10.1 Å². The molecule has 3 N–H and O–H groups in total. The first-order chi connectivity index (χ1) is 10.1. The summed E-state index contributed by atoms with van der Waals surface area (Å²) in [6.07, 6.45) is 1.56. The summed E-state index contributed by atoms with van der Waals surface area (Å²) in [4.78, 5) is 4.03. The Bertz CT molecular complexity index is 647. The molecule has 0 aliphatic carbocycles. The maximum absolute atomic E-state index is 10.1. The Morgan fingerprint density at radius 1 is 1.38 bits per heavy atom. The van der Waals surface area contributed by atoms with Crippen LogP contribution in [0.2, 0.25) is 5.02 Å². The molecule has 0 unspecified atom stereocenters. The van der Waals surface area contributed by atoms with Gasteiger partial charge >= 0.3 is 0 Å². The summed E-state index contributed by atoms with van der Waals surface area (Å²) in [5.41, 5.74) is 2.53. The van der Waals surface area contributed by atoms with Crippen molar-refractivity contribution in [1.29, 1.82) is 0 Å². The van der Waals surface area contributed by atoms with Crippen molar-refractivity contribution in [3.8, 4) is 11.5 Å². The van der Waals surface area contributed by atoms with Gasteiger partial charge in [0, 0.05) is 29.6 Å². The van der Waals surface area contributed by atoms with Crippen LogP contribution in [0.3, 0.4) is 0 Å². The van der Waals surface area contributed by atoms with Crippen LogP contribution in [0.4, 0.5) is 5.69 Å². The lowest BCUT2D eigenvalue weighted by Gasteiger charge is -2.13. The lowest BCUT2D eigenvalue weighted by Crippen LogP contribution is -2.05. The summed E-state index contributed by atoms with van der Waals surface area (Å²) in [5, 5.41) is 23.0. The van der Waals surface area contributed by atoms with Gasteiger partial charge < -0.3 is 20.3 Å². The number of aliphatic hydroxyl groups is 1. The van der Waals surface area contributed by atoms with Crippen molar-refractivity contribution in [1.82, 2.24) is 4.98 Å². The minimum atomic E-state index is -0.179. The third-order valence-corrected chi connectivity index (χ3v) is 3.52. The Kier molecular flexibility index (Phi) is 4.88. The molecule has 0 spiro atoms. The van der Waals surface area contributed by atoms with Gasteiger partial charge in [-0.25, -0.2) is 0 Å². The molecule has 0 atom stereocenters. The third kappa shape index (κ3) is 3.37. The molecule has 2 rings (SSSR count). The Morgan fingerprint density at radius 3 is 2.76 bits per heavy atom. The number of hydrogen-bond donors (Lipinski definition) is 3. The molecule has 1 aromatic heterocycles. The van der Waals surface area contributed by atoms with Crippen LogP contribution in [0.1, 0.15) is 16.8 Å². The fourth-order valence-corrected chi connectivity index (χ4v) is 2.24. The van der Waals surface area contributed by atoms with E-state index in [4.69, 9.17) is 16.3 Å². The first kappa shape index (κ1) is 15.4. The molecule has 112 valence electrons. The van der Waals surface area contributed by atoms with Crippen molar-refractivity contribution >= 4 is 17.3 Å². The molecular formula is C15H17ClN2O3. The highest BCUT2D eigenvalue weighted by molar-refractivity contribution is 6.32. The highest BCUT2D eigenvalue weighted by atomic mass is 35.5. The van der Waals surface area contributed by atoms with Crippen LogP contribution in [-0.4, -0.2) is 22.3 Å². The van der Waals surface area contributed by atoms with E-state index in [-0.39, 0.29) is 12.4 Å². The van der Waals surface area contributed by atoms with Crippen molar-refractivity contribution < 1.29 is 14.9 Å². The average molecular weight is 309 g/mol. The smallest absolute Gasteiger partial charge is 0.142 e. The van der Waals surface area contributed by atoms with Crippen LogP contribution in [0.5, 0.6) is 11.5 Å². The topological polar surface area (TPSA) is 74.6 Å². The number of halogens is 1. The maximum Gasteiger partial charge on any atom is 0.142 e. The van der Waals surface area contributed by atoms with E-state index < -0.39 is 0 Å². The van der Waals surface area contributed by atoms with Gasteiger partial charge in [0.15, 0.2) is 0 Å². The van der Waals surface area contributed by atoms with Gasteiger partial charge in [-0.05, 0) is 25.1 Å². The molecule has 0 aliphatic heterocycles. The molecule has 0 saturated carbocycles. The molecule has 0 aliphatic rings. The number of anilines is 1. The lowest BCUT2D eigenvalue weighted by molar-refractivity contribution is 0.279. The second-order valence-corrected chi connectivity index (χ2v) is 4.96. The maximum atomic E-state index is 10.1. The summed E-state index contributed by atoms with van der Waals surface area (Å²) in [7, 11) is 1.56. The summed E-state index contributed by atoms with van der Waals surface area (Å²) >= 11 is 6.06. The normalized spacial score (nSPS) is 10.5. The molecule has 1 aromatic carbocycles. The summed E-state index contributed by atoms with van der Waals surface area (Å²) in [6.45, 7) is 1.89. The predicted octanol–water partition coefficient (Wildman–Crippen LogP) is 2.86. The first-order valence-electron chi connectivity index (χ1n) is 6.41. The van der Waals surface area contributed by atoms with Crippen molar-refractivity contribution in [2.24, 2.45) is 0 Å². The molecular weight excluding hydrogens is 292 g/mol. The van der Waals surface area contributed by atoms with Crippen molar-refractivity contribution in [3.63, 3.8) is 0 Å². The average Bonchev–Trinajstić information content (AvgIpc) is 2.49. The number of methoxy groups -OCH3 is 1. The van der Waals surface area contributed by atoms with E-state index in [0.29, 0.717) is 34.1 Å². The lowest BCUT2D eigenvalue weighted by atomic mass is 10.1. The van der Waals surface area contributed by atoms with Gasteiger partial charge in [-0.1, -0.05) is 11.6 Å². The van der Waals surface area contributed by atoms with Crippen molar-refractivity contribution in [2.75, 3.05) is 12.4 Å². The van der Waals surface area contributed by atoms with Gasteiger partial charge in [0.2, 0.25) is 0 Å². The summed E-state index contributed by atoms with van der Waals surface area (Å²) < 4.78 is 5.09. The molecule has 6 heteroatoms. The number of nitrogens with zero attached hydrogens (tertiary/aromatic N) is 1. The number of aromatic nitrogens is 1. The van der Waals surface area contributed by atoms with E-state index in [2.05, 4.69) is 10.3 Å². The zero-order valence-electron chi connectivity index (χ0n) is 11.9. The zero-order valence-corrected chi connectivity index (χ0v) is 12.6. The number of nitrogens with one attached hydrogen (secondary N) is 1. The monoisotopic (exact) mass is 308 g/mol. The van der Waals surface area contributed by atoms with E-state index in [1.54, 1.807) is 32.4 Å². The van der Waals surface area contributed by atoms with Gasteiger partial charge in [0.05, 0.1) is 24.4 Å². The zero-order chi connectivity index (χ0) is 15.4. The van der Waals surface area contributed by atoms with Crippen molar-refractivity contribution in [2.45, 2.75) is 20.1 Å². The highest BCUT2D eigenvalue weighted by Gasteiger charge is 2.11. The number of ether oxygens (including phenoxy) is 1. The van der Waals surface area contributed by atoms with E-state index in [1.807, 2.05) is 6.07 Å². The number of hydrogen-bond acceptors (Lipinski definition) is 5. The first-order valence-corrected chi connectivity index (χ1v) is 6.79. The van der Waals surface area contributed by atoms with Gasteiger partial charge in [-0.3, -0.25) is 4.98 Å². The van der Waals surface area contributed by atoms with Crippen LogP contribution in [0.15, 0.2) is 24.4 Å². The quantitative estimate of drug-likeness (QED) is 0.792. The standard InChI is InChI=1S/C15H17ClN2O3/c1-9-15(20)12(10(8-19)6-17-9)7-18-11-3-4-14(21-2)13(16)5-11/h3-6,18-20H,7-8H2,1-2H3. The van der Waals surface area contributed by atoms with Gasteiger partial charge in [0.1, 0.15) is 11.5 Å². The fraction of sp³-hybridized carbons (Fsp3) is 0.267. The van der Waals surface area contributed by atoms with Crippen LogP contribution in [0.25, 0.3) is 0 Å². The summed E-state index contributed by atoms with van der Waals surface area (Å²) in [5.74, 6) is 0.689. The van der Waals surface area contributed by atoms with E-state index >= 15 is 0 Å². The number of aryl methyl sites for hydroxylation is 1. The predicted molar refractivity (Wildman–Crippen MR) is 81.9 cm³/mol. The molecule has 0 radical (unpaired) electrons. The minimum absolute atomic E-state index is 0.0914. The molecule has 0 saturated heterocycles. The third-order valence-electron chi connectivity index (χ3n) is 3.22. The summed E-state index contributed by atoms with van der Waals surface area (Å²) in [6, 6.07) is 5.33. The van der Waals surface area contributed by atoms with Gasteiger partial charge in [-0.15, -0.1) is 0 Å². The van der Waals surface area contributed by atoms with Crippen molar-refractivity contribution in [3.05, 3.63) is 46.2 Å². The van der Waals surface area contributed by atoms with E-state index in [1.165, 1.54) is 0 Å². The minimum Gasteiger partial charge on any atom is -0.506 e. The Labute approximate surface area is 128 Å². The number of rotatable bonds is 5. The fourth-order valence-electron chi connectivity index (χ4n) is 1.98. The number of aliphatic hydroxyl groups excluding tert-OH is 1. The molecule has 2 aromatic rings. The van der Waals surface area contributed by atoms with Crippen LogP contribution in [0, 0.1) is 6.92 Å². The number of pyridine rings is 1. The molecule has 21 heavy (non-hydrogen) atoms. The SMILES string of the molecule is COc1ccc(NCc2c(CO)cnc(C)c2O)cc1Cl. The highest BCUT2D eigenvalue weighted by Crippen LogP contribution is 2.29. The van der Waals surface area contributed by atoms with Crippen LogP contribution >= 0.6 is 11.6 Å².